The summed E-state index contributed by atoms with van der Waals surface area (Å²) in [5.74, 6) is -0.169. The van der Waals surface area contributed by atoms with Gasteiger partial charge < -0.3 is 14.4 Å². The van der Waals surface area contributed by atoms with Crippen LogP contribution in [0.3, 0.4) is 0 Å². The number of likely N-dealkylation sites (tertiary alicyclic amines) is 1. The second-order valence-electron chi connectivity index (χ2n) is 6.45. The first-order chi connectivity index (χ1) is 12.4. The zero-order chi connectivity index (χ0) is 19.2. The van der Waals surface area contributed by atoms with E-state index < -0.39 is 5.41 Å². The van der Waals surface area contributed by atoms with Gasteiger partial charge in [0.15, 0.2) is 0 Å². The van der Waals surface area contributed by atoms with E-state index >= 15 is 0 Å². The fourth-order valence-electron chi connectivity index (χ4n) is 3.16. The molecule has 0 aliphatic carbocycles. The Morgan fingerprint density at radius 2 is 1.96 bits per heavy atom. The fraction of sp³-hybridized carbons (Fsp3) is 0.579. The number of benzene rings is 1. The molecule has 1 atom stereocenters. The van der Waals surface area contributed by atoms with E-state index in [0.29, 0.717) is 44.2 Å². The summed E-state index contributed by atoms with van der Waals surface area (Å²) in [6.45, 7) is 5.39. The highest BCUT2D eigenvalue weighted by Crippen LogP contribution is 2.35. The van der Waals surface area contributed by atoms with Crippen LogP contribution >= 0.6 is 23.4 Å². The molecule has 0 saturated carbocycles. The summed E-state index contributed by atoms with van der Waals surface area (Å²) < 4.78 is 10.5. The molecule has 0 radical (unpaired) electrons. The van der Waals surface area contributed by atoms with E-state index in [1.54, 1.807) is 14.0 Å². The predicted octanol–water partition coefficient (Wildman–Crippen LogP) is 3.64. The SMILES string of the molecule is CCOC(=O)C1(COC)CCN(C(=O)[C@H](C)Sc2ccccc2Cl)CC1. The van der Waals surface area contributed by atoms with E-state index in [1.165, 1.54) is 11.8 Å². The monoisotopic (exact) mass is 399 g/mol. The van der Waals surface area contributed by atoms with E-state index in [-0.39, 0.29) is 17.1 Å². The summed E-state index contributed by atoms with van der Waals surface area (Å²) in [4.78, 5) is 27.9. The summed E-state index contributed by atoms with van der Waals surface area (Å²) >= 11 is 7.64. The van der Waals surface area contributed by atoms with Crippen LogP contribution in [0, 0.1) is 5.41 Å². The molecule has 1 aromatic carbocycles. The van der Waals surface area contributed by atoms with Crippen molar-refractivity contribution in [3.8, 4) is 0 Å². The van der Waals surface area contributed by atoms with Gasteiger partial charge in [-0.05, 0) is 38.8 Å². The van der Waals surface area contributed by atoms with Gasteiger partial charge in [-0.25, -0.2) is 0 Å². The molecular formula is C19H26ClNO4S. The number of esters is 1. The van der Waals surface area contributed by atoms with Crippen LogP contribution in [0.2, 0.25) is 5.02 Å². The molecule has 0 N–H and O–H groups in total. The number of nitrogens with zero attached hydrogens (tertiary/aromatic N) is 1. The van der Waals surface area contributed by atoms with Crippen molar-refractivity contribution < 1.29 is 19.1 Å². The van der Waals surface area contributed by atoms with E-state index in [9.17, 15) is 9.59 Å². The Morgan fingerprint density at radius 3 is 2.54 bits per heavy atom. The molecule has 0 spiro atoms. The molecule has 1 amide bonds. The number of thioether (sulfide) groups is 1. The Morgan fingerprint density at radius 1 is 1.31 bits per heavy atom. The molecule has 1 aliphatic rings. The van der Waals surface area contributed by atoms with Gasteiger partial charge in [0, 0.05) is 25.1 Å². The van der Waals surface area contributed by atoms with Crippen LogP contribution in [0.15, 0.2) is 29.2 Å². The van der Waals surface area contributed by atoms with Gasteiger partial charge in [0.25, 0.3) is 0 Å². The third-order valence-corrected chi connectivity index (χ3v) is 6.26. The van der Waals surface area contributed by atoms with Gasteiger partial charge in [0.05, 0.1) is 28.9 Å². The number of ether oxygens (including phenoxy) is 2. The van der Waals surface area contributed by atoms with Crippen molar-refractivity contribution >= 4 is 35.2 Å². The third kappa shape index (κ3) is 4.93. The van der Waals surface area contributed by atoms with Gasteiger partial charge in [-0.3, -0.25) is 9.59 Å². The molecule has 5 nitrogen and oxygen atoms in total. The van der Waals surface area contributed by atoms with Gasteiger partial charge in [-0.2, -0.15) is 0 Å². The first kappa shape index (κ1) is 21.1. The smallest absolute Gasteiger partial charge is 0.314 e. The Labute approximate surface area is 164 Å². The minimum absolute atomic E-state index is 0.0600. The molecule has 0 bridgehead atoms. The average molecular weight is 400 g/mol. The zero-order valence-corrected chi connectivity index (χ0v) is 17.1. The first-order valence-electron chi connectivity index (χ1n) is 8.79. The lowest BCUT2D eigenvalue weighted by molar-refractivity contribution is -0.164. The number of hydrogen-bond donors (Lipinski definition) is 0. The number of hydrogen-bond acceptors (Lipinski definition) is 5. The highest BCUT2D eigenvalue weighted by Gasteiger charge is 2.44. The lowest BCUT2D eigenvalue weighted by atomic mass is 9.79. The normalized spacial score (nSPS) is 17.6. The number of amides is 1. The number of methoxy groups -OCH3 is 1. The molecule has 2 rings (SSSR count). The van der Waals surface area contributed by atoms with E-state index in [1.807, 2.05) is 36.1 Å². The number of rotatable bonds is 7. The maximum Gasteiger partial charge on any atom is 0.314 e. The molecule has 1 heterocycles. The van der Waals surface area contributed by atoms with Crippen LogP contribution in [-0.2, 0) is 19.1 Å². The molecule has 0 unspecified atom stereocenters. The second-order valence-corrected chi connectivity index (χ2v) is 8.24. The van der Waals surface area contributed by atoms with Crippen LogP contribution in [0.1, 0.15) is 26.7 Å². The summed E-state index contributed by atoms with van der Waals surface area (Å²) in [6.07, 6.45) is 1.10. The number of piperidine rings is 1. The van der Waals surface area contributed by atoms with Crippen LogP contribution < -0.4 is 0 Å². The lowest BCUT2D eigenvalue weighted by Crippen LogP contribution is -2.50. The molecule has 1 aromatic rings. The maximum absolute atomic E-state index is 12.8. The molecule has 1 saturated heterocycles. The van der Waals surface area contributed by atoms with E-state index in [0.717, 1.165) is 4.90 Å². The zero-order valence-electron chi connectivity index (χ0n) is 15.5. The summed E-state index contributed by atoms with van der Waals surface area (Å²) in [6, 6.07) is 7.51. The Bertz CT molecular complexity index is 632. The fourth-order valence-corrected chi connectivity index (χ4v) is 4.40. The van der Waals surface area contributed by atoms with Gasteiger partial charge in [0.1, 0.15) is 0 Å². The lowest BCUT2D eigenvalue weighted by Gasteiger charge is -2.40. The molecule has 144 valence electrons. The minimum atomic E-state index is -0.652. The minimum Gasteiger partial charge on any atom is -0.465 e. The molecule has 7 heteroatoms. The van der Waals surface area contributed by atoms with Crippen molar-refractivity contribution in [3.63, 3.8) is 0 Å². The standard InChI is InChI=1S/C19H26ClNO4S/c1-4-25-18(23)19(13-24-3)9-11-21(12-10-19)17(22)14(2)26-16-8-6-5-7-15(16)20/h5-8,14H,4,9-13H2,1-3H3/t14-/m0/s1. The third-order valence-electron chi connectivity index (χ3n) is 4.65. The van der Waals surface area contributed by atoms with E-state index in [4.69, 9.17) is 21.1 Å². The summed E-state index contributed by atoms with van der Waals surface area (Å²) in [5.41, 5.74) is -0.652. The van der Waals surface area contributed by atoms with Gasteiger partial charge in [-0.15, -0.1) is 11.8 Å². The molecule has 1 aliphatic heterocycles. The number of carbonyl (C=O) groups excluding carboxylic acids is 2. The summed E-state index contributed by atoms with van der Waals surface area (Å²) in [5, 5.41) is 0.407. The van der Waals surface area contributed by atoms with Crippen LogP contribution in [0.25, 0.3) is 0 Å². The average Bonchev–Trinajstić information content (AvgIpc) is 2.64. The van der Waals surface area contributed by atoms with Gasteiger partial charge in [-0.1, -0.05) is 23.7 Å². The largest absolute Gasteiger partial charge is 0.465 e. The highest BCUT2D eigenvalue weighted by atomic mass is 35.5. The van der Waals surface area contributed by atoms with Crippen molar-refractivity contribution in [3.05, 3.63) is 29.3 Å². The van der Waals surface area contributed by atoms with Crippen molar-refractivity contribution in [2.75, 3.05) is 33.4 Å². The van der Waals surface area contributed by atoms with Crippen LogP contribution in [0.4, 0.5) is 0 Å². The first-order valence-corrected chi connectivity index (χ1v) is 10.1. The summed E-state index contributed by atoms with van der Waals surface area (Å²) in [7, 11) is 1.58. The molecule has 26 heavy (non-hydrogen) atoms. The quantitative estimate of drug-likeness (QED) is 0.517. The van der Waals surface area contributed by atoms with Gasteiger partial charge in [0.2, 0.25) is 5.91 Å². The Hall–Kier alpha value is -1.24. The van der Waals surface area contributed by atoms with Crippen LogP contribution in [0.5, 0.6) is 0 Å². The van der Waals surface area contributed by atoms with Crippen molar-refractivity contribution in [2.24, 2.45) is 5.41 Å². The number of halogens is 1. The van der Waals surface area contributed by atoms with E-state index in [2.05, 4.69) is 0 Å². The molecule has 0 aromatic heterocycles. The predicted molar refractivity (Wildman–Crippen MR) is 104 cm³/mol. The van der Waals surface area contributed by atoms with Crippen molar-refractivity contribution in [1.29, 1.82) is 0 Å². The van der Waals surface area contributed by atoms with Gasteiger partial charge >= 0.3 is 5.97 Å². The second kappa shape index (κ2) is 9.62. The van der Waals surface area contributed by atoms with Crippen molar-refractivity contribution in [2.45, 2.75) is 36.8 Å². The van der Waals surface area contributed by atoms with Crippen LogP contribution in [-0.4, -0.2) is 55.4 Å². The maximum atomic E-state index is 12.8. The topological polar surface area (TPSA) is 55.8 Å². The molecular weight excluding hydrogens is 374 g/mol. The highest BCUT2D eigenvalue weighted by molar-refractivity contribution is 8.00. The Kier molecular flexibility index (Phi) is 7.80. The Balaban J connectivity index is 1.98. The van der Waals surface area contributed by atoms with Crippen molar-refractivity contribution in [1.82, 2.24) is 4.90 Å². The number of carbonyl (C=O) groups is 2. The molecule has 1 fully saturated rings.